The Kier molecular flexibility index (Phi) is 3.26. The molecule has 0 atom stereocenters. The van der Waals surface area contributed by atoms with Crippen molar-refractivity contribution in [3.05, 3.63) is 58.4 Å². The highest BCUT2D eigenvalue weighted by Crippen LogP contribution is 2.34. The molecule has 2 nitrogen and oxygen atoms in total. The van der Waals surface area contributed by atoms with Crippen LogP contribution in [0.1, 0.15) is 5.56 Å². The molecule has 3 aromatic rings. The minimum Gasteiger partial charge on any atom is -0.495 e. The van der Waals surface area contributed by atoms with Crippen LogP contribution in [0.2, 0.25) is 0 Å². The standard InChI is InChI=1S/C16H13BrFNO/c1-10-3-5-14(13(18)9-10)19-8-7-11-12(17)4-6-15(20-2)16(11)19/h3-9H,1-2H3. The molecule has 3 rings (SSSR count). The first-order chi connectivity index (χ1) is 9.61. The molecule has 0 spiro atoms. The topological polar surface area (TPSA) is 14.2 Å². The Morgan fingerprint density at radius 3 is 2.65 bits per heavy atom. The van der Waals surface area contributed by atoms with Gasteiger partial charge in [-0.15, -0.1) is 0 Å². The SMILES string of the molecule is COc1ccc(Br)c2ccn(-c3ccc(C)cc3F)c12. The minimum absolute atomic E-state index is 0.246. The summed E-state index contributed by atoms with van der Waals surface area (Å²) in [7, 11) is 1.62. The lowest BCUT2D eigenvalue weighted by Gasteiger charge is -2.11. The summed E-state index contributed by atoms with van der Waals surface area (Å²) in [5.74, 6) is 0.470. The van der Waals surface area contributed by atoms with Gasteiger partial charge in [-0.3, -0.25) is 0 Å². The van der Waals surface area contributed by atoms with E-state index in [1.165, 1.54) is 6.07 Å². The Morgan fingerprint density at radius 2 is 1.95 bits per heavy atom. The number of aromatic nitrogens is 1. The van der Waals surface area contributed by atoms with Crippen molar-refractivity contribution < 1.29 is 9.13 Å². The van der Waals surface area contributed by atoms with Gasteiger partial charge in [-0.1, -0.05) is 22.0 Å². The van der Waals surface area contributed by atoms with E-state index in [0.717, 1.165) is 20.9 Å². The van der Waals surface area contributed by atoms with Gasteiger partial charge in [0.2, 0.25) is 0 Å². The molecule has 1 heterocycles. The number of hydrogen-bond donors (Lipinski definition) is 0. The van der Waals surface area contributed by atoms with Gasteiger partial charge in [0.1, 0.15) is 11.6 Å². The lowest BCUT2D eigenvalue weighted by molar-refractivity contribution is 0.418. The fourth-order valence-electron chi connectivity index (χ4n) is 2.37. The molecule has 0 saturated heterocycles. The van der Waals surface area contributed by atoms with E-state index in [0.29, 0.717) is 11.4 Å². The first-order valence-electron chi connectivity index (χ1n) is 6.22. The zero-order valence-corrected chi connectivity index (χ0v) is 12.7. The molecular weight excluding hydrogens is 321 g/mol. The Balaban J connectivity index is 2.34. The summed E-state index contributed by atoms with van der Waals surface area (Å²) in [5, 5.41) is 0.990. The largest absolute Gasteiger partial charge is 0.495 e. The second-order valence-electron chi connectivity index (χ2n) is 4.65. The van der Waals surface area contributed by atoms with Crippen LogP contribution in [0.5, 0.6) is 5.75 Å². The molecule has 0 aliphatic heterocycles. The number of rotatable bonds is 2. The predicted octanol–water partition coefficient (Wildman–Crippen LogP) is 4.85. The molecule has 0 unspecified atom stereocenters. The third kappa shape index (κ3) is 2.00. The summed E-state index contributed by atoms with van der Waals surface area (Å²) in [5.41, 5.74) is 2.27. The molecule has 0 radical (unpaired) electrons. The van der Waals surface area contributed by atoms with Crippen molar-refractivity contribution in [3.63, 3.8) is 0 Å². The molecule has 102 valence electrons. The number of ether oxygens (including phenoxy) is 1. The Labute approximate surface area is 124 Å². The second kappa shape index (κ2) is 4.94. The van der Waals surface area contributed by atoms with Crippen LogP contribution in [0, 0.1) is 12.7 Å². The number of nitrogens with zero attached hydrogens (tertiary/aromatic N) is 1. The van der Waals surface area contributed by atoms with Gasteiger partial charge < -0.3 is 9.30 Å². The van der Waals surface area contributed by atoms with Crippen molar-refractivity contribution in [1.29, 1.82) is 0 Å². The average molecular weight is 334 g/mol. The number of fused-ring (bicyclic) bond motifs is 1. The molecule has 0 fully saturated rings. The predicted molar refractivity (Wildman–Crippen MR) is 82.2 cm³/mol. The first-order valence-corrected chi connectivity index (χ1v) is 7.01. The van der Waals surface area contributed by atoms with Gasteiger partial charge >= 0.3 is 0 Å². The van der Waals surface area contributed by atoms with Gasteiger partial charge in [0.05, 0.1) is 18.3 Å². The van der Waals surface area contributed by atoms with Crippen molar-refractivity contribution >= 4 is 26.8 Å². The van der Waals surface area contributed by atoms with Crippen LogP contribution in [0.15, 0.2) is 47.1 Å². The van der Waals surface area contributed by atoms with Gasteiger partial charge in [0.25, 0.3) is 0 Å². The smallest absolute Gasteiger partial charge is 0.147 e. The molecule has 0 N–H and O–H groups in total. The molecular formula is C16H13BrFNO. The number of benzene rings is 2. The van der Waals surface area contributed by atoms with Crippen LogP contribution in [0.25, 0.3) is 16.6 Å². The van der Waals surface area contributed by atoms with E-state index >= 15 is 0 Å². The van der Waals surface area contributed by atoms with E-state index in [1.54, 1.807) is 13.2 Å². The van der Waals surface area contributed by atoms with Gasteiger partial charge in [-0.2, -0.15) is 0 Å². The zero-order valence-electron chi connectivity index (χ0n) is 11.2. The van der Waals surface area contributed by atoms with E-state index < -0.39 is 0 Å². The highest BCUT2D eigenvalue weighted by Gasteiger charge is 2.13. The maximum atomic E-state index is 14.2. The third-order valence-corrected chi connectivity index (χ3v) is 4.03. The van der Waals surface area contributed by atoms with Crippen molar-refractivity contribution in [2.24, 2.45) is 0 Å². The quantitative estimate of drug-likeness (QED) is 0.653. The maximum absolute atomic E-state index is 14.2. The summed E-state index contributed by atoms with van der Waals surface area (Å²) in [4.78, 5) is 0. The molecule has 4 heteroatoms. The van der Waals surface area contributed by atoms with Gasteiger partial charge in [0.15, 0.2) is 0 Å². The Hall–Kier alpha value is -1.81. The van der Waals surface area contributed by atoms with Crippen LogP contribution in [0.4, 0.5) is 4.39 Å². The highest BCUT2D eigenvalue weighted by molar-refractivity contribution is 9.10. The van der Waals surface area contributed by atoms with Gasteiger partial charge in [0, 0.05) is 16.1 Å². The Morgan fingerprint density at radius 1 is 1.15 bits per heavy atom. The second-order valence-corrected chi connectivity index (χ2v) is 5.51. The van der Waals surface area contributed by atoms with Gasteiger partial charge in [-0.25, -0.2) is 4.39 Å². The number of methoxy groups -OCH3 is 1. The fraction of sp³-hybridized carbons (Fsp3) is 0.125. The Bertz CT molecular complexity index is 795. The zero-order chi connectivity index (χ0) is 14.3. The highest BCUT2D eigenvalue weighted by atomic mass is 79.9. The molecule has 0 amide bonds. The van der Waals surface area contributed by atoms with Crippen LogP contribution in [-0.4, -0.2) is 11.7 Å². The minimum atomic E-state index is -0.246. The van der Waals surface area contributed by atoms with Gasteiger partial charge in [-0.05, 0) is 42.8 Å². The number of halogens is 2. The van der Waals surface area contributed by atoms with E-state index in [9.17, 15) is 4.39 Å². The molecule has 0 bridgehead atoms. The summed E-state index contributed by atoms with van der Waals surface area (Å²) in [6, 6.07) is 11.0. The third-order valence-electron chi connectivity index (χ3n) is 3.34. The van der Waals surface area contributed by atoms with Crippen molar-refractivity contribution in [2.75, 3.05) is 7.11 Å². The van der Waals surface area contributed by atoms with Crippen LogP contribution < -0.4 is 4.74 Å². The van der Waals surface area contributed by atoms with Crippen LogP contribution in [-0.2, 0) is 0 Å². The van der Waals surface area contributed by atoms with Crippen molar-refractivity contribution in [2.45, 2.75) is 6.92 Å². The summed E-state index contributed by atoms with van der Waals surface area (Å²) < 4.78 is 22.4. The molecule has 20 heavy (non-hydrogen) atoms. The summed E-state index contributed by atoms with van der Waals surface area (Å²) >= 11 is 3.51. The average Bonchev–Trinajstić information content (AvgIpc) is 2.85. The number of aryl methyl sites for hydroxylation is 1. The van der Waals surface area contributed by atoms with Crippen molar-refractivity contribution in [1.82, 2.24) is 4.57 Å². The normalized spacial score (nSPS) is 11.0. The molecule has 0 aliphatic rings. The van der Waals surface area contributed by atoms with E-state index in [1.807, 2.05) is 42.0 Å². The molecule has 0 saturated carbocycles. The lowest BCUT2D eigenvalue weighted by Crippen LogP contribution is -1.98. The summed E-state index contributed by atoms with van der Waals surface area (Å²) in [6.45, 7) is 1.87. The van der Waals surface area contributed by atoms with E-state index in [4.69, 9.17) is 4.74 Å². The lowest BCUT2D eigenvalue weighted by atomic mass is 10.2. The van der Waals surface area contributed by atoms with E-state index in [-0.39, 0.29) is 5.82 Å². The molecule has 0 aliphatic carbocycles. The first kappa shape index (κ1) is 13.2. The fourth-order valence-corrected chi connectivity index (χ4v) is 2.82. The van der Waals surface area contributed by atoms with E-state index in [2.05, 4.69) is 15.9 Å². The maximum Gasteiger partial charge on any atom is 0.147 e. The molecule has 1 aromatic heterocycles. The summed E-state index contributed by atoms with van der Waals surface area (Å²) in [6.07, 6.45) is 1.85. The van der Waals surface area contributed by atoms with Crippen LogP contribution >= 0.6 is 15.9 Å². The molecule has 2 aromatic carbocycles. The van der Waals surface area contributed by atoms with Crippen molar-refractivity contribution in [3.8, 4) is 11.4 Å². The number of hydrogen-bond acceptors (Lipinski definition) is 1. The monoisotopic (exact) mass is 333 g/mol. The van der Waals surface area contributed by atoms with Crippen LogP contribution in [0.3, 0.4) is 0 Å².